The summed E-state index contributed by atoms with van der Waals surface area (Å²) in [5.74, 6) is 5.83. The normalized spacial score (nSPS) is 15.2. The zero-order valence-electron chi connectivity index (χ0n) is 15.6. The van der Waals surface area contributed by atoms with Crippen LogP contribution in [0, 0.1) is 0 Å². The molecule has 2 amide bonds. The summed E-state index contributed by atoms with van der Waals surface area (Å²) in [6, 6.07) is 10.6. The van der Waals surface area contributed by atoms with Gasteiger partial charge in [-0.3, -0.25) is 14.6 Å². The van der Waals surface area contributed by atoms with E-state index >= 15 is 0 Å². The van der Waals surface area contributed by atoms with Crippen LogP contribution in [0.3, 0.4) is 0 Å². The van der Waals surface area contributed by atoms with Crippen molar-refractivity contribution in [3.63, 3.8) is 0 Å². The Morgan fingerprint density at radius 3 is 2.72 bits per heavy atom. The number of nitrogens with two attached hydrogens (primary N) is 2. The molecule has 0 unspecified atom stereocenters. The lowest BCUT2D eigenvalue weighted by molar-refractivity contribution is -0.118. The number of anilines is 2. The van der Waals surface area contributed by atoms with Gasteiger partial charge in [-0.1, -0.05) is 11.6 Å². The topological polar surface area (TPSA) is 114 Å². The van der Waals surface area contributed by atoms with Crippen molar-refractivity contribution >= 4 is 46.1 Å². The summed E-state index contributed by atoms with van der Waals surface area (Å²) in [5, 5.41) is 4.07. The third-order valence-electron chi connectivity index (χ3n) is 4.24. The van der Waals surface area contributed by atoms with E-state index in [1.54, 1.807) is 29.2 Å². The molecule has 1 aliphatic heterocycles. The molecular formula is C19H22ClN5O3S. The molecule has 2 heterocycles. The predicted octanol–water partition coefficient (Wildman–Crippen LogP) is 2.07. The number of nitrogens with one attached hydrogen (secondary N) is 1. The van der Waals surface area contributed by atoms with Gasteiger partial charge in [0.05, 0.1) is 41.1 Å². The number of ether oxygens (including phenoxy) is 1. The van der Waals surface area contributed by atoms with Gasteiger partial charge < -0.3 is 20.7 Å². The Hall–Kier alpha value is -2.59. The van der Waals surface area contributed by atoms with Crippen LogP contribution in [0.4, 0.5) is 11.4 Å². The average molecular weight is 436 g/mol. The highest BCUT2D eigenvalue weighted by Gasteiger charge is 2.18. The van der Waals surface area contributed by atoms with Crippen molar-refractivity contribution in [1.29, 1.82) is 0 Å². The maximum atomic E-state index is 12.2. The molecule has 0 radical (unpaired) electrons. The van der Waals surface area contributed by atoms with E-state index in [0.717, 1.165) is 5.69 Å². The second-order valence-corrected chi connectivity index (χ2v) is 8.04. The Bertz CT molecular complexity index is 900. The first kappa shape index (κ1) is 21.1. The van der Waals surface area contributed by atoms with Gasteiger partial charge in [0, 0.05) is 24.1 Å². The largest absolute Gasteiger partial charge is 0.399 e. The van der Waals surface area contributed by atoms with Crippen molar-refractivity contribution in [2.24, 2.45) is 11.6 Å². The third kappa shape index (κ3) is 5.70. The minimum Gasteiger partial charge on any atom is -0.399 e. The van der Waals surface area contributed by atoms with Gasteiger partial charge >= 0.3 is 0 Å². The molecule has 3 rings (SSSR count). The molecule has 0 atom stereocenters. The maximum absolute atomic E-state index is 12.2. The van der Waals surface area contributed by atoms with Crippen molar-refractivity contribution in [3.8, 4) is 0 Å². The highest BCUT2D eigenvalue weighted by molar-refractivity contribution is 7.18. The van der Waals surface area contributed by atoms with Crippen LogP contribution < -0.4 is 26.8 Å². The van der Waals surface area contributed by atoms with E-state index in [4.69, 9.17) is 27.9 Å². The average Bonchev–Trinajstić information content (AvgIpc) is 3.03. The van der Waals surface area contributed by atoms with E-state index in [9.17, 15) is 9.59 Å². The Morgan fingerprint density at radius 1 is 1.28 bits per heavy atom. The van der Waals surface area contributed by atoms with Gasteiger partial charge in [0.15, 0.2) is 0 Å². The molecule has 2 aromatic rings. The van der Waals surface area contributed by atoms with Crippen LogP contribution in [0.5, 0.6) is 0 Å². The van der Waals surface area contributed by atoms with E-state index < -0.39 is 0 Å². The molecule has 1 aromatic carbocycles. The summed E-state index contributed by atoms with van der Waals surface area (Å²) in [7, 11) is 0. The van der Waals surface area contributed by atoms with Crippen LogP contribution in [-0.2, 0) is 9.53 Å². The molecule has 8 nitrogen and oxygen atoms in total. The minimum atomic E-state index is -0.253. The quantitative estimate of drug-likeness (QED) is 0.472. The Labute approximate surface area is 177 Å². The van der Waals surface area contributed by atoms with Gasteiger partial charge in [-0.2, -0.15) is 0 Å². The Kier molecular flexibility index (Phi) is 7.10. The summed E-state index contributed by atoms with van der Waals surface area (Å²) in [4.78, 5) is 26.4. The molecule has 10 heteroatoms. The molecule has 29 heavy (non-hydrogen) atoms. The molecule has 154 valence electrons. The van der Waals surface area contributed by atoms with Gasteiger partial charge in [0.2, 0.25) is 5.91 Å². The van der Waals surface area contributed by atoms with E-state index in [2.05, 4.69) is 5.32 Å². The first-order valence-electron chi connectivity index (χ1n) is 8.96. The van der Waals surface area contributed by atoms with Crippen molar-refractivity contribution < 1.29 is 14.3 Å². The zero-order valence-corrected chi connectivity index (χ0v) is 17.2. The van der Waals surface area contributed by atoms with E-state index in [-0.39, 0.29) is 18.4 Å². The molecule has 0 saturated carbocycles. The monoisotopic (exact) mass is 435 g/mol. The Balaban J connectivity index is 1.58. The molecule has 0 spiro atoms. The molecule has 1 fully saturated rings. The van der Waals surface area contributed by atoms with Crippen molar-refractivity contribution in [2.45, 2.75) is 6.42 Å². The Morgan fingerprint density at radius 2 is 2.03 bits per heavy atom. The lowest BCUT2D eigenvalue weighted by Crippen LogP contribution is -2.32. The third-order valence-corrected chi connectivity index (χ3v) is 5.46. The molecule has 1 aromatic heterocycles. The van der Waals surface area contributed by atoms with E-state index in [0.29, 0.717) is 46.8 Å². The van der Waals surface area contributed by atoms with Crippen molar-refractivity contribution in [1.82, 2.24) is 5.32 Å². The number of halogens is 1. The van der Waals surface area contributed by atoms with Crippen LogP contribution in [-0.4, -0.2) is 38.1 Å². The fraction of sp³-hybridized carbons (Fsp3) is 0.263. The minimum absolute atomic E-state index is 0.0340. The van der Waals surface area contributed by atoms with E-state index in [1.807, 2.05) is 12.1 Å². The van der Waals surface area contributed by atoms with Crippen molar-refractivity contribution in [3.05, 3.63) is 57.5 Å². The summed E-state index contributed by atoms with van der Waals surface area (Å²) in [5.41, 5.74) is 7.82. The molecule has 5 N–H and O–H groups in total. The van der Waals surface area contributed by atoms with Crippen molar-refractivity contribution in [2.75, 3.05) is 36.2 Å². The number of carbonyl (C=O) groups excluding carboxylic acids is 2. The SMILES string of the molecule is N/C(=C\N(N)c1ccc(N2CCOCCC2=O)cc1)CNC(=O)c1ccc(Cl)s1. The van der Waals surface area contributed by atoms with Crippen LogP contribution >= 0.6 is 22.9 Å². The maximum Gasteiger partial charge on any atom is 0.261 e. The first-order chi connectivity index (χ1) is 13.9. The number of benzene rings is 1. The molecule has 0 aliphatic carbocycles. The smallest absolute Gasteiger partial charge is 0.261 e. The first-order valence-corrected chi connectivity index (χ1v) is 10.2. The summed E-state index contributed by atoms with van der Waals surface area (Å²) < 4.78 is 5.89. The standard InChI is InChI=1S/C19H22ClN5O3S/c20-17-6-5-16(29-17)19(27)23-11-13(21)12-25(22)15-3-1-14(2-4-15)24-8-10-28-9-7-18(24)26/h1-6,12H,7-11,21-22H2,(H,23,27)/b13-12-. The van der Waals surface area contributed by atoms with Gasteiger partial charge in [0.1, 0.15) is 0 Å². The number of nitrogens with zero attached hydrogens (tertiary/aromatic N) is 2. The lowest BCUT2D eigenvalue weighted by Gasteiger charge is -2.21. The number of hydrogen-bond acceptors (Lipinski definition) is 7. The number of hydrogen-bond donors (Lipinski definition) is 3. The lowest BCUT2D eigenvalue weighted by atomic mass is 10.2. The van der Waals surface area contributed by atoms with Gasteiger partial charge in [-0.05, 0) is 36.4 Å². The van der Waals surface area contributed by atoms with Gasteiger partial charge in [-0.15, -0.1) is 11.3 Å². The highest BCUT2D eigenvalue weighted by Crippen LogP contribution is 2.22. The van der Waals surface area contributed by atoms with Crippen LogP contribution in [0.1, 0.15) is 16.1 Å². The molecule has 1 aliphatic rings. The number of thiophene rings is 1. The number of amides is 2. The van der Waals surface area contributed by atoms with Crippen LogP contribution in [0.15, 0.2) is 48.3 Å². The highest BCUT2D eigenvalue weighted by atomic mass is 35.5. The molecule has 1 saturated heterocycles. The summed E-state index contributed by atoms with van der Waals surface area (Å²) in [6.07, 6.45) is 1.90. The summed E-state index contributed by atoms with van der Waals surface area (Å²) >= 11 is 7.03. The zero-order chi connectivity index (χ0) is 20.8. The molecular weight excluding hydrogens is 414 g/mol. The second kappa shape index (κ2) is 9.75. The second-order valence-electron chi connectivity index (χ2n) is 6.32. The van der Waals surface area contributed by atoms with Gasteiger partial charge in [0.25, 0.3) is 5.91 Å². The predicted molar refractivity (Wildman–Crippen MR) is 115 cm³/mol. The summed E-state index contributed by atoms with van der Waals surface area (Å²) in [6.45, 7) is 1.62. The number of rotatable bonds is 6. The fourth-order valence-corrected chi connectivity index (χ4v) is 3.72. The van der Waals surface area contributed by atoms with Crippen LogP contribution in [0.25, 0.3) is 0 Å². The number of hydrazine groups is 1. The molecule has 0 bridgehead atoms. The number of carbonyl (C=O) groups is 2. The van der Waals surface area contributed by atoms with E-state index in [1.165, 1.54) is 22.5 Å². The van der Waals surface area contributed by atoms with Gasteiger partial charge in [-0.25, -0.2) is 5.84 Å². The van der Waals surface area contributed by atoms with Crippen LogP contribution in [0.2, 0.25) is 4.34 Å². The fourth-order valence-electron chi connectivity index (χ4n) is 2.76.